The summed E-state index contributed by atoms with van der Waals surface area (Å²) in [5.74, 6) is 0.279. The molecule has 6 heteroatoms. The van der Waals surface area contributed by atoms with E-state index in [0.717, 1.165) is 16.3 Å². The molecule has 120 valence electrons. The summed E-state index contributed by atoms with van der Waals surface area (Å²) in [6.07, 6.45) is 3.79. The number of para-hydroxylation sites is 1. The van der Waals surface area contributed by atoms with Gasteiger partial charge in [0, 0.05) is 17.9 Å². The van der Waals surface area contributed by atoms with Gasteiger partial charge >= 0.3 is 0 Å². The average molecular weight is 330 g/mol. The Kier molecular flexibility index (Phi) is 4.71. The number of anilines is 1. The van der Waals surface area contributed by atoms with Crippen LogP contribution in [0.1, 0.15) is 12.2 Å². The number of likely N-dealkylation sites (tertiary alicyclic amines) is 1. The molecule has 1 saturated heterocycles. The predicted octanol–water partition coefficient (Wildman–Crippen LogP) is 2.99. The minimum atomic E-state index is -0.327. The predicted molar refractivity (Wildman–Crippen MR) is 89.1 cm³/mol. The summed E-state index contributed by atoms with van der Waals surface area (Å²) in [6, 6.07) is 11.3. The van der Waals surface area contributed by atoms with Gasteiger partial charge in [0.15, 0.2) is 0 Å². The molecule has 1 aliphatic heterocycles. The Labute approximate surface area is 139 Å². The fraction of sp³-hybridized carbons (Fsp3) is 0.294. The first-order valence-corrected chi connectivity index (χ1v) is 8.64. The van der Waals surface area contributed by atoms with Crippen molar-refractivity contribution in [1.29, 1.82) is 0 Å². The van der Waals surface area contributed by atoms with Gasteiger partial charge in [-0.3, -0.25) is 9.59 Å². The monoisotopic (exact) mass is 330 g/mol. The van der Waals surface area contributed by atoms with E-state index in [2.05, 4.69) is 5.32 Å². The minimum Gasteiger partial charge on any atom is -0.467 e. The molecule has 0 spiro atoms. The van der Waals surface area contributed by atoms with Crippen LogP contribution in [0.25, 0.3) is 0 Å². The van der Waals surface area contributed by atoms with Crippen molar-refractivity contribution in [1.82, 2.24) is 4.90 Å². The molecule has 1 aromatic heterocycles. The molecule has 1 fully saturated rings. The van der Waals surface area contributed by atoms with Crippen LogP contribution in [0.3, 0.4) is 0 Å². The van der Waals surface area contributed by atoms with E-state index in [-0.39, 0.29) is 24.2 Å². The van der Waals surface area contributed by atoms with Crippen molar-refractivity contribution in [2.75, 3.05) is 18.1 Å². The van der Waals surface area contributed by atoms with Crippen LogP contribution in [-0.2, 0) is 16.1 Å². The lowest BCUT2D eigenvalue weighted by molar-refractivity contribution is -0.128. The van der Waals surface area contributed by atoms with Gasteiger partial charge in [0.25, 0.3) is 0 Å². The second-order valence-electron chi connectivity index (χ2n) is 5.44. The largest absolute Gasteiger partial charge is 0.467 e. The standard InChI is InChI=1S/C17H18N2O3S/c1-23-15-7-3-2-6-14(15)18-17(21)12-9-16(20)19(10-12)11-13-5-4-8-22-13/h2-8,12H,9-11H2,1H3,(H,18,21). The zero-order valence-electron chi connectivity index (χ0n) is 12.8. The molecular formula is C17H18N2O3S. The molecule has 23 heavy (non-hydrogen) atoms. The van der Waals surface area contributed by atoms with Crippen LogP contribution in [0.4, 0.5) is 5.69 Å². The number of rotatable bonds is 5. The van der Waals surface area contributed by atoms with E-state index < -0.39 is 0 Å². The van der Waals surface area contributed by atoms with Crippen LogP contribution >= 0.6 is 11.8 Å². The van der Waals surface area contributed by atoms with Gasteiger partial charge in [-0.05, 0) is 30.5 Å². The highest BCUT2D eigenvalue weighted by Gasteiger charge is 2.34. The van der Waals surface area contributed by atoms with E-state index >= 15 is 0 Å². The number of amides is 2. The Balaban J connectivity index is 1.63. The summed E-state index contributed by atoms with van der Waals surface area (Å²) in [6.45, 7) is 0.837. The highest BCUT2D eigenvalue weighted by Crippen LogP contribution is 2.27. The van der Waals surface area contributed by atoms with Crippen LogP contribution in [0.5, 0.6) is 0 Å². The summed E-state index contributed by atoms with van der Waals surface area (Å²) in [7, 11) is 0. The van der Waals surface area contributed by atoms with Gasteiger partial charge in [-0.15, -0.1) is 11.8 Å². The third-order valence-electron chi connectivity index (χ3n) is 3.88. The molecule has 1 aromatic carbocycles. The number of hydrogen-bond donors (Lipinski definition) is 1. The third kappa shape index (κ3) is 3.59. The summed E-state index contributed by atoms with van der Waals surface area (Å²) in [5.41, 5.74) is 0.793. The maximum atomic E-state index is 12.5. The zero-order valence-corrected chi connectivity index (χ0v) is 13.6. The molecule has 0 aliphatic carbocycles. The van der Waals surface area contributed by atoms with E-state index in [1.54, 1.807) is 29.0 Å². The van der Waals surface area contributed by atoms with Gasteiger partial charge in [0.05, 0.1) is 24.4 Å². The molecule has 5 nitrogen and oxygen atoms in total. The quantitative estimate of drug-likeness (QED) is 0.856. The van der Waals surface area contributed by atoms with Crippen LogP contribution in [0, 0.1) is 5.92 Å². The van der Waals surface area contributed by atoms with Gasteiger partial charge in [0.1, 0.15) is 5.76 Å². The van der Waals surface area contributed by atoms with Crippen LogP contribution in [0.2, 0.25) is 0 Å². The number of nitrogens with one attached hydrogen (secondary N) is 1. The molecule has 1 atom stereocenters. The second-order valence-corrected chi connectivity index (χ2v) is 6.29. The summed E-state index contributed by atoms with van der Waals surface area (Å²) >= 11 is 1.58. The minimum absolute atomic E-state index is 0.0142. The molecule has 0 saturated carbocycles. The van der Waals surface area contributed by atoms with E-state index in [1.807, 2.05) is 36.6 Å². The fourth-order valence-electron chi connectivity index (χ4n) is 2.67. The topological polar surface area (TPSA) is 62.6 Å². The second kappa shape index (κ2) is 6.91. The Hall–Kier alpha value is -2.21. The highest BCUT2D eigenvalue weighted by atomic mass is 32.2. The van der Waals surface area contributed by atoms with E-state index in [0.29, 0.717) is 13.1 Å². The molecule has 2 heterocycles. The molecule has 1 N–H and O–H groups in total. The Bertz CT molecular complexity index is 700. The van der Waals surface area contributed by atoms with Crippen molar-refractivity contribution in [3.8, 4) is 0 Å². The zero-order chi connectivity index (χ0) is 16.2. The van der Waals surface area contributed by atoms with Crippen molar-refractivity contribution in [2.45, 2.75) is 17.9 Å². The summed E-state index contributed by atoms with van der Waals surface area (Å²) < 4.78 is 5.27. The molecule has 0 radical (unpaired) electrons. The number of benzene rings is 1. The summed E-state index contributed by atoms with van der Waals surface area (Å²) in [5, 5.41) is 2.94. The molecule has 2 aromatic rings. The normalized spacial score (nSPS) is 17.5. The summed E-state index contributed by atoms with van der Waals surface area (Å²) in [4.78, 5) is 27.2. The number of carbonyl (C=O) groups is 2. The van der Waals surface area contributed by atoms with Crippen LogP contribution < -0.4 is 5.32 Å². The number of nitrogens with zero attached hydrogens (tertiary/aromatic N) is 1. The first-order chi connectivity index (χ1) is 11.2. The van der Waals surface area contributed by atoms with Crippen molar-refractivity contribution in [3.63, 3.8) is 0 Å². The number of furan rings is 1. The smallest absolute Gasteiger partial charge is 0.229 e. The molecule has 1 unspecified atom stereocenters. The number of carbonyl (C=O) groups excluding carboxylic acids is 2. The molecule has 0 bridgehead atoms. The van der Waals surface area contributed by atoms with Crippen LogP contribution in [-0.4, -0.2) is 29.5 Å². The maximum Gasteiger partial charge on any atom is 0.229 e. The first-order valence-electron chi connectivity index (χ1n) is 7.41. The SMILES string of the molecule is CSc1ccccc1NC(=O)C1CC(=O)N(Cc2ccco2)C1. The van der Waals surface area contributed by atoms with E-state index in [1.165, 1.54) is 0 Å². The molecule has 3 rings (SSSR count). The van der Waals surface area contributed by atoms with Crippen molar-refractivity contribution >= 4 is 29.3 Å². The number of hydrogen-bond acceptors (Lipinski definition) is 4. The van der Waals surface area contributed by atoms with Gasteiger partial charge in [0.2, 0.25) is 11.8 Å². The van der Waals surface area contributed by atoms with Gasteiger partial charge < -0.3 is 14.6 Å². The van der Waals surface area contributed by atoms with Gasteiger partial charge in [-0.1, -0.05) is 12.1 Å². The van der Waals surface area contributed by atoms with Crippen molar-refractivity contribution in [2.24, 2.45) is 5.92 Å². The fourth-order valence-corrected chi connectivity index (χ4v) is 3.23. The third-order valence-corrected chi connectivity index (χ3v) is 4.67. The molecular weight excluding hydrogens is 312 g/mol. The lowest BCUT2D eigenvalue weighted by atomic mass is 10.1. The lowest BCUT2D eigenvalue weighted by Gasteiger charge is -2.15. The van der Waals surface area contributed by atoms with Crippen molar-refractivity contribution < 1.29 is 14.0 Å². The van der Waals surface area contributed by atoms with E-state index in [4.69, 9.17) is 4.42 Å². The highest BCUT2D eigenvalue weighted by molar-refractivity contribution is 7.98. The Morgan fingerprint density at radius 2 is 2.17 bits per heavy atom. The Morgan fingerprint density at radius 3 is 2.91 bits per heavy atom. The first kappa shape index (κ1) is 15.7. The molecule has 1 aliphatic rings. The Morgan fingerprint density at radius 1 is 1.35 bits per heavy atom. The maximum absolute atomic E-state index is 12.5. The lowest BCUT2D eigenvalue weighted by Crippen LogP contribution is -2.28. The number of thioether (sulfide) groups is 1. The van der Waals surface area contributed by atoms with Crippen molar-refractivity contribution in [3.05, 3.63) is 48.4 Å². The van der Waals surface area contributed by atoms with E-state index in [9.17, 15) is 9.59 Å². The van der Waals surface area contributed by atoms with Gasteiger partial charge in [-0.2, -0.15) is 0 Å². The van der Waals surface area contributed by atoms with Crippen LogP contribution in [0.15, 0.2) is 52.0 Å². The average Bonchev–Trinajstić information content (AvgIpc) is 3.19. The van der Waals surface area contributed by atoms with Gasteiger partial charge in [-0.25, -0.2) is 0 Å². The molecule has 2 amide bonds.